The molecule has 0 bridgehead atoms. The van der Waals surface area contributed by atoms with Crippen LogP contribution in [-0.4, -0.2) is 29.5 Å². The fourth-order valence-electron chi connectivity index (χ4n) is 1.10. The van der Waals surface area contributed by atoms with E-state index >= 15 is 0 Å². The largest absolute Gasteiger partial charge is 0.424 e. The Bertz CT molecular complexity index is 297. The van der Waals surface area contributed by atoms with E-state index in [-0.39, 0.29) is 5.60 Å². The van der Waals surface area contributed by atoms with Crippen molar-refractivity contribution in [3.05, 3.63) is 11.8 Å². The van der Waals surface area contributed by atoms with Crippen LogP contribution in [0.25, 0.3) is 0 Å². The second-order valence-corrected chi connectivity index (χ2v) is 4.01. The number of hydrogen-bond acceptors (Lipinski definition) is 5. The third-order valence-electron chi connectivity index (χ3n) is 2.16. The number of ether oxygens (including phenoxy) is 1. The summed E-state index contributed by atoms with van der Waals surface area (Å²) in [5.41, 5.74) is -0.262. The molecule has 0 fully saturated rings. The van der Waals surface area contributed by atoms with E-state index in [0.717, 1.165) is 6.54 Å². The normalized spacial score (nSPS) is 12.0. The molecule has 5 heteroatoms. The van der Waals surface area contributed by atoms with Crippen molar-refractivity contribution in [2.45, 2.75) is 39.3 Å². The van der Waals surface area contributed by atoms with Crippen LogP contribution in [0.15, 0.2) is 4.42 Å². The van der Waals surface area contributed by atoms with Crippen LogP contribution in [0.5, 0.6) is 0 Å². The highest BCUT2D eigenvalue weighted by Crippen LogP contribution is 2.14. The standard InChI is InChI=1S/C10H19N3O2/c1-5-11-7-9-13-12-8(15-9)6-10(2,3)14-4/h11H,5-7H2,1-4H3. The van der Waals surface area contributed by atoms with Gasteiger partial charge >= 0.3 is 0 Å². The summed E-state index contributed by atoms with van der Waals surface area (Å²) in [5, 5.41) is 11.0. The maximum atomic E-state index is 5.46. The van der Waals surface area contributed by atoms with Crippen molar-refractivity contribution in [3.8, 4) is 0 Å². The van der Waals surface area contributed by atoms with Gasteiger partial charge in [-0.25, -0.2) is 0 Å². The Kier molecular flexibility index (Phi) is 4.23. The Morgan fingerprint density at radius 1 is 1.33 bits per heavy atom. The predicted octanol–water partition coefficient (Wildman–Crippen LogP) is 1.15. The van der Waals surface area contributed by atoms with Gasteiger partial charge in [0, 0.05) is 7.11 Å². The zero-order chi connectivity index (χ0) is 11.3. The highest BCUT2D eigenvalue weighted by Gasteiger charge is 2.20. The molecule has 0 amide bonds. The minimum absolute atomic E-state index is 0.262. The van der Waals surface area contributed by atoms with Gasteiger partial charge in [0.05, 0.1) is 18.6 Å². The number of rotatable bonds is 6. The Hall–Kier alpha value is -0.940. The summed E-state index contributed by atoms with van der Waals surface area (Å²) < 4.78 is 10.7. The molecule has 1 N–H and O–H groups in total. The summed E-state index contributed by atoms with van der Waals surface area (Å²) in [7, 11) is 1.68. The maximum Gasteiger partial charge on any atom is 0.230 e. The first-order valence-electron chi connectivity index (χ1n) is 5.14. The molecule has 0 unspecified atom stereocenters. The molecule has 0 aliphatic carbocycles. The Morgan fingerprint density at radius 3 is 2.60 bits per heavy atom. The van der Waals surface area contributed by atoms with Gasteiger partial charge in [-0.2, -0.15) is 0 Å². The van der Waals surface area contributed by atoms with E-state index in [9.17, 15) is 0 Å². The summed E-state index contributed by atoms with van der Waals surface area (Å²) in [6.07, 6.45) is 0.628. The molecule has 15 heavy (non-hydrogen) atoms. The molecule has 0 aliphatic rings. The Morgan fingerprint density at radius 2 is 2.00 bits per heavy atom. The van der Waals surface area contributed by atoms with Crippen LogP contribution in [0.4, 0.5) is 0 Å². The summed E-state index contributed by atoms with van der Waals surface area (Å²) in [4.78, 5) is 0. The van der Waals surface area contributed by atoms with Crippen LogP contribution in [0, 0.1) is 0 Å². The molecule has 0 radical (unpaired) electrons. The van der Waals surface area contributed by atoms with Crippen molar-refractivity contribution in [1.82, 2.24) is 15.5 Å². The average molecular weight is 213 g/mol. The lowest BCUT2D eigenvalue weighted by atomic mass is 10.1. The molecule has 1 aromatic heterocycles. The number of nitrogens with one attached hydrogen (secondary N) is 1. The van der Waals surface area contributed by atoms with Gasteiger partial charge in [-0.1, -0.05) is 6.92 Å². The monoisotopic (exact) mass is 213 g/mol. The lowest BCUT2D eigenvalue weighted by Crippen LogP contribution is -2.25. The van der Waals surface area contributed by atoms with Crippen molar-refractivity contribution >= 4 is 0 Å². The summed E-state index contributed by atoms with van der Waals surface area (Å²) in [6.45, 7) is 7.52. The van der Waals surface area contributed by atoms with Gasteiger partial charge in [-0.15, -0.1) is 10.2 Å². The minimum Gasteiger partial charge on any atom is -0.424 e. The fraction of sp³-hybridized carbons (Fsp3) is 0.800. The molecule has 1 heterocycles. The summed E-state index contributed by atoms with van der Waals surface area (Å²) in [5.74, 6) is 1.24. The summed E-state index contributed by atoms with van der Waals surface area (Å²) >= 11 is 0. The zero-order valence-electron chi connectivity index (χ0n) is 9.83. The fourth-order valence-corrected chi connectivity index (χ4v) is 1.10. The number of nitrogens with zero attached hydrogens (tertiary/aromatic N) is 2. The van der Waals surface area contributed by atoms with Crippen molar-refractivity contribution in [2.75, 3.05) is 13.7 Å². The second kappa shape index (κ2) is 5.23. The van der Waals surface area contributed by atoms with Crippen LogP contribution in [-0.2, 0) is 17.7 Å². The predicted molar refractivity (Wildman–Crippen MR) is 56.5 cm³/mol. The molecule has 1 aromatic rings. The summed E-state index contributed by atoms with van der Waals surface area (Å²) in [6, 6.07) is 0. The zero-order valence-corrected chi connectivity index (χ0v) is 9.83. The van der Waals surface area contributed by atoms with Crippen molar-refractivity contribution in [2.24, 2.45) is 0 Å². The number of methoxy groups -OCH3 is 1. The maximum absolute atomic E-state index is 5.46. The molecular weight excluding hydrogens is 194 g/mol. The van der Waals surface area contributed by atoms with E-state index in [0.29, 0.717) is 24.7 Å². The third kappa shape index (κ3) is 3.97. The van der Waals surface area contributed by atoms with E-state index in [1.54, 1.807) is 7.11 Å². The molecular formula is C10H19N3O2. The van der Waals surface area contributed by atoms with Gasteiger partial charge in [-0.3, -0.25) is 0 Å². The van der Waals surface area contributed by atoms with Crippen molar-refractivity contribution < 1.29 is 9.15 Å². The SMILES string of the molecule is CCNCc1nnc(CC(C)(C)OC)o1. The van der Waals surface area contributed by atoms with E-state index in [4.69, 9.17) is 9.15 Å². The van der Waals surface area contributed by atoms with Gasteiger partial charge in [0.2, 0.25) is 11.8 Å². The molecule has 0 aromatic carbocycles. The Labute approximate surface area is 90.2 Å². The van der Waals surface area contributed by atoms with Crippen molar-refractivity contribution in [3.63, 3.8) is 0 Å². The number of aromatic nitrogens is 2. The van der Waals surface area contributed by atoms with E-state index < -0.39 is 0 Å². The van der Waals surface area contributed by atoms with E-state index in [1.807, 2.05) is 20.8 Å². The van der Waals surface area contributed by atoms with Gasteiger partial charge < -0.3 is 14.5 Å². The number of hydrogen-bond donors (Lipinski definition) is 1. The second-order valence-electron chi connectivity index (χ2n) is 4.01. The molecule has 0 atom stereocenters. The Balaban J connectivity index is 2.52. The van der Waals surface area contributed by atoms with Gasteiger partial charge in [0.1, 0.15) is 0 Å². The third-order valence-corrected chi connectivity index (χ3v) is 2.16. The first-order valence-corrected chi connectivity index (χ1v) is 5.14. The molecule has 0 aliphatic heterocycles. The van der Waals surface area contributed by atoms with Crippen LogP contribution in [0.3, 0.4) is 0 Å². The minimum atomic E-state index is -0.262. The lowest BCUT2D eigenvalue weighted by Gasteiger charge is -2.20. The molecule has 86 valence electrons. The van der Waals surface area contributed by atoms with E-state index in [2.05, 4.69) is 15.5 Å². The van der Waals surface area contributed by atoms with Gasteiger partial charge in [-0.05, 0) is 20.4 Å². The first kappa shape index (κ1) is 12.1. The van der Waals surface area contributed by atoms with Crippen molar-refractivity contribution in [1.29, 1.82) is 0 Å². The molecule has 5 nitrogen and oxygen atoms in total. The average Bonchev–Trinajstić information content (AvgIpc) is 2.62. The van der Waals surface area contributed by atoms with E-state index in [1.165, 1.54) is 0 Å². The van der Waals surface area contributed by atoms with Crippen LogP contribution in [0.2, 0.25) is 0 Å². The smallest absolute Gasteiger partial charge is 0.230 e. The van der Waals surface area contributed by atoms with Crippen LogP contribution in [0.1, 0.15) is 32.6 Å². The van der Waals surface area contributed by atoms with Gasteiger partial charge in [0.25, 0.3) is 0 Å². The molecule has 0 saturated heterocycles. The van der Waals surface area contributed by atoms with Crippen LogP contribution >= 0.6 is 0 Å². The molecule has 1 rings (SSSR count). The lowest BCUT2D eigenvalue weighted by molar-refractivity contribution is 0.0179. The first-order chi connectivity index (χ1) is 7.07. The molecule has 0 saturated carbocycles. The quantitative estimate of drug-likeness (QED) is 0.768. The highest BCUT2D eigenvalue weighted by atomic mass is 16.5. The molecule has 0 spiro atoms. The highest BCUT2D eigenvalue weighted by molar-refractivity contribution is 4.88. The van der Waals surface area contributed by atoms with Crippen LogP contribution < -0.4 is 5.32 Å². The van der Waals surface area contributed by atoms with Gasteiger partial charge in [0.15, 0.2) is 0 Å². The topological polar surface area (TPSA) is 60.2 Å².